The van der Waals surface area contributed by atoms with Crippen molar-refractivity contribution in [2.45, 2.75) is 20.0 Å². The molecule has 1 heterocycles. The number of anilines is 1. The molecule has 4 aromatic rings. The van der Waals surface area contributed by atoms with Crippen LogP contribution in [0.5, 0.6) is 5.75 Å². The predicted octanol–water partition coefficient (Wildman–Crippen LogP) is 4.51. The molecule has 0 spiro atoms. The first kappa shape index (κ1) is 22.7. The van der Waals surface area contributed by atoms with Gasteiger partial charge in [-0.05, 0) is 38.1 Å². The molecule has 0 radical (unpaired) electrons. The minimum absolute atomic E-state index is 0.0345. The molecule has 8 heteroatoms. The number of ether oxygens (including phenoxy) is 2. The van der Waals surface area contributed by atoms with Crippen molar-refractivity contribution in [2.75, 3.05) is 11.9 Å². The number of amides is 1. The number of aromatic nitrogens is 3. The topological polar surface area (TPSA) is 95.3 Å². The van der Waals surface area contributed by atoms with Gasteiger partial charge in [0.15, 0.2) is 5.69 Å². The lowest BCUT2D eigenvalue weighted by molar-refractivity contribution is -0.125. The van der Waals surface area contributed by atoms with Crippen molar-refractivity contribution in [1.29, 1.82) is 0 Å². The Kier molecular flexibility index (Phi) is 6.98. The molecule has 34 heavy (non-hydrogen) atoms. The van der Waals surface area contributed by atoms with Crippen LogP contribution < -0.4 is 10.1 Å². The fourth-order valence-corrected chi connectivity index (χ4v) is 3.36. The van der Waals surface area contributed by atoms with Crippen LogP contribution in [0.4, 0.5) is 5.69 Å². The normalized spacial score (nSPS) is 11.5. The van der Waals surface area contributed by atoms with Crippen LogP contribution in [0.2, 0.25) is 0 Å². The highest BCUT2D eigenvalue weighted by Gasteiger charge is 2.29. The third kappa shape index (κ3) is 5.12. The number of hydrogen-bond donors (Lipinski definition) is 1. The van der Waals surface area contributed by atoms with Crippen LogP contribution in [-0.4, -0.2) is 33.5 Å². The Bertz CT molecular complexity index is 1270. The molecule has 1 amide bonds. The molecule has 3 aromatic carbocycles. The fraction of sp³-hybridized carbons (Fsp3) is 0.154. The summed E-state index contributed by atoms with van der Waals surface area (Å²) in [5.74, 6) is -0.736. The molecule has 8 nitrogen and oxygen atoms in total. The zero-order valence-electron chi connectivity index (χ0n) is 18.8. The first-order chi connectivity index (χ1) is 16.6. The number of para-hydroxylation sites is 3. The van der Waals surface area contributed by atoms with Crippen LogP contribution in [0.15, 0.2) is 84.9 Å². The van der Waals surface area contributed by atoms with Crippen LogP contribution >= 0.6 is 0 Å². The lowest BCUT2D eigenvalue weighted by Crippen LogP contribution is -2.26. The molecule has 172 valence electrons. The summed E-state index contributed by atoms with van der Waals surface area (Å²) in [5.41, 5.74) is 2.14. The van der Waals surface area contributed by atoms with E-state index in [2.05, 4.69) is 15.5 Å². The van der Waals surface area contributed by atoms with Crippen LogP contribution in [0, 0.1) is 6.92 Å². The van der Waals surface area contributed by atoms with Gasteiger partial charge in [0.25, 0.3) is 5.91 Å². The minimum atomic E-state index is -1.20. The molecule has 0 saturated carbocycles. The zero-order chi connectivity index (χ0) is 23.9. The summed E-state index contributed by atoms with van der Waals surface area (Å²) in [7, 11) is 0. The second-order valence-electron chi connectivity index (χ2n) is 7.37. The van der Waals surface area contributed by atoms with E-state index < -0.39 is 18.0 Å². The average Bonchev–Trinajstić information content (AvgIpc) is 3.26. The number of esters is 1. The summed E-state index contributed by atoms with van der Waals surface area (Å²) in [5, 5.41) is 11.4. The Labute approximate surface area is 197 Å². The van der Waals surface area contributed by atoms with Gasteiger partial charge in [0, 0.05) is 5.56 Å². The van der Waals surface area contributed by atoms with Crippen LogP contribution in [0.3, 0.4) is 0 Å². The molecule has 0 aliphatic carbocycles. The zero-order valence-corrected chi connectivity index (χ0v) is 18.8. The van der Waals surface area contributed by atoms with Crippen molar-refractivity contribution < 1.29 is 19.1 Å². The smallest absolute Gasteiger partial charge is 0.361 e. The minimum Gasteiger partial charge on any atom is -0.492 e. The van der Waals surface area contributed by atoms with Gasteiger partial charge in [-0.2, -0.15) is 9.90 Å². The monoisotopic (exact) mass is 456 g/mol. The van der Waals surface area contributed by atoms with Gasteiger partial charge < -0.3 is 14.8 Å². The van der Waals surface area contributed by atoms with Crippen molar-refractivity contribution in [3.8, 4) is 11.4 Å². The van der Waals surface area contributed by atoms with E-state index in [1.165, 1.54) is 4.80 Å². The largest absolute Gasteiger partial charge is 0.492 e. The number of aryl methyl sites for hydroxylation is 1. The van der Waals surface area contributed by atoms with Crippen molar-refractivity contribution in [3.05, 3.63) is 102 Å². The molecule has 1 aromatic heterocycles. The molecule has 1 atom stereocenters. The fourth-order valence-electron chi connectivity index (χ4n) is 3.36. The molecule has 1 N–H and O–H groups in total. The summed E-state index contributed by atoms with van der Waals surface area (Å²) in [6.07, 6.45) is -1.20. The number of hydrogen-bond acceptors (Lipinski definition) is 6. The molecule has 4 rings (SSSR count). The molecule has 0 saturated heterocycles. The van der Waals surface area contributed by atoms with Crippen LogP contribution in [0.25, 0.3) is 5.69 Å². The third-order valence-corrected chi connectivity index (χ3v) is 4.97. The Morgan fingerprint density at radius 1 is 0.912 bits per heavy atom. The van der Waals surface area contributed by atoms with E-state index in [4.69, 9.17) is 9.47 Å². The van der Waals surface area contributed by atoms with Crippen LogP contribution in [0.1, 0.15) is 34.8 Å². The lowest BCUT2D eigenvalue weighted by Gasteiger charge is -2.19. The Morgan fingerprint density at radius 2 is 1.56 bits per heavy atom. The summed E-state index contributed by atoms with van der Waals surface area (Å²) < 4.78 is 11.3. The molecule has 0 bridgehead atoms. The first-order valence-electron chi connectivity index (χ1n) is 10.8. The summed E-state index contributed by atoms with van der Waals surface area (Å²) in [4.78, 5) is 27.7. The Hall–Kier alpha value is -4.46. The van der Waals surface area contributed by atoms with Gasteiger partial charge in [-0.25, -0.2) is 4.79 Å². The third-order valence-electron chi connectivity index (χ3n) is 4.97. The van der Waals surface area contributed by atoms with Crippen molar-refractivity contribution >= 4 is 17.6 Å². The number of nitrogens with one attached hydrogen (secondary N) is 1. The summed E-state index contributed by atoms with van der Waals surface area (Å²) in [6.45, 7) is 3.97. The van der Waals surface area contributed by atoms with E-state index in [9.17, 15) is 9.59 Å². The number of nitrogens with zero attached hydrogens (tertiary/aromatic N) is 3. The molecular formula is C26H24N4O4. The highest BCUT2D eigenvalue weighted by Crippen LogP contribution is 2.27. The van der Waals surface area contributed by atoms with Crippen molar-refractivity contribution in [3.63, 3.8) is 0 Å². The Morgan fingerprint density at radius 3 is 2.26 bits per heavy atom. The standard InChI is InChI=1S/C26H24N4O4/c1-3-33-22-17-11-10-16-21(22)27-25(31)24(19-12-6-4-7-13-19)34-26(32)23-18(2)28-30(29-23)20-14-8-5-9-15-20/h4-17,24H,3H2,1-2H3,(H,27,31). The molecular weight excluding hydrogens is 432 g/mol. The molecule has 0 aliphatic heterocycles. The van der Waals surface area contributed by atoms with Gasteiger partial charge in [-0.15, -0.1) is 5.10 Å². The quantitative estimate of drug-likeness (QED) is 0.392. The average molecular weight is 457 g/mol. The van der Waals surface area contributed by atoms with E-state index in [-0.39, 0.29) is 5.69 Å². The maximum atomic E-state index is 13.3. The summed E-state index contributed by atoms with van der Waals surface area (Å²) in [6, 6.07) is 25.1. The molecule has 1 unspecified atom stereocenters. The van der Waals surface area contributed by atoms with E-state index >= 15 is 0 Å². The highest BCUT2D eigenvalue weighted by atomic mass is 16.5. The lowest BCUT2D eigenvalue weighted by atomic mass is 10.1. The first-order valence-corrected chi connectivity index (χ1v) is 10.8. The number of carbonyl (C=O) groups is 2. The Balaban J connectivity index is 1.60. The van der Waals surface area contributed by atoms with Gasteiger partial charge in [0.1, 0.15) is 5.75 Å². The molecule has 0 aliphatic rings. The number of rotatable bonds is 8. The van der Waals surface area contributed by atoms with E-state index in [1.54, 1.807) is 49.4 Å². The maximum Gasteiger partial charge on any atom is 0.361 e. The summed E-state index contributed by atoms with van der Waals surface area (Å²) >= 11 is 0. The van der Waals surface area contributed by atoms with Gasteiger partial charge >= 0.3 is 5.97 Å². The van der Waals surface area contributed by atoms with E-state index in [0.29, 0.717) is 35.0 Å². The maximum absolute atomic E-state index is 13.3. The van der Waals surface area contributed by atoms with Crippen LogP contribution in [-0.2, 0) is 9.53 Å². The number of benzene rings is 3. The number of carbonyl (C=O) groups excluding carboxylic acids is 2. The predicted molar refractivity (Wildman–Crippen MR) is 127 cm³/mol. The van der Waals surface area contributed by atoms with Crippen molar-refractivity contribution in [2.24, 2.45) is 0 Å². The van der Waals surface area contributed by atoms with E-state index in [1.807, 2.05) is 49.4 Å². The SMILES string of the molecule is CCOc1ccccc1NC(=O)C(OC(=O)c1nn(-c2ccccc2)nc1C)c1ccccc1. The van der Waals surface area contributed by atoms with Gasteiger partial charge in [-0.1, -0.05) is 60.7 Å². The van der Waals surface area contributed by atoms with Crippen molar-refractivity contribution in [1.82, 2.24) is 15.0 Å². The molecule has 0 fully saturated rings. The highest BCUT2D eigenvalue weighted by molar-refractivity contribution is 5.98. The van der Waals surface area contributed by atoms with Gasteiger partial charge in [0.05, 0.1) is 23.7 Å². The van der Waals surface area contributed by atoms with E-state index in [0.717, 1.165) is 0 Å². The second kappa shape index (κ2) is 10.4. The second-order valence-corrected chi connectivity index (χ2v) is 7.37. The van der Waals surface area contributed by atoms with Gasteiger partial charge in [0.2, 0.25) is 6.10 Å². The van der Waals surface area contributed by atoms with Gasteiger partial charge in [-0.3, -0.25) is 4.79 Å².